The van der Waals surface area contributed by atoms with Gasteiger partial charge >= 0.3 is 0 Å². The number of benzene rings is 1. The first kappa shape index (κ1) is 12.8. The van der Waals surface area contributed by atoms with E-state index in [1.807, 2.05) is 42.5 Å². The molecule has 2 unspecified atom stereocenters. The minimum absolute atomic E-state index is 0.0237. The Morgan fingerprint density at radius 2 is 2.00 bits per heavy atom. The van der Waals surface area contributed by atoms with Crippen LogP contribution in [0, 0.1) is 0 Å². The molecule has 1 aliphatic carbocycles. The van der Waals surface area contributed by atoms with Crippen molar-refractivity contribution in [3.05, 3.63) is 59.8 Å². The highest BCUT2D eigenvalue weighted by atomic mass is 16.5. The zero-order valence-electron chi connectivity index (χ0n) is 10.1. The van der Waals surface area contributed by atoms with E-state index in [2.05, 4.69) is 0 Å². The molecule has 2 atom stereocenters. The molecule has 0 saturated carbocycles. The molecular formula is C14H18N2O2. The normalized spacial score (nSPS) is 27.0. The Hall–Kier alpha value is -1.62. The molecule has 1 aromatic carbocycles. The van der Waals surface area contributed by atoms with E-state index < -0.39 is 5.54 Å². The second-order valence-electron chi connectivity index (χ2n) is 4.32. The van der Waals surface area contributed by atoms with E-state index in [0.717, 1.165) is 5.56 Å². The molecule has 0 saturated heterocycles. The lowest BCUT2D eigenvalue weighted by Gasteiger charge is -2.29. The van der Waals surface area contributed by atoms with Gasteiger partial charge in [-0.1, -0.05) is 42.5 Å². The van der Waals surface area contributed by atoms with Gasteiger partial charge in [0, 0.05) is 5.70 Å². The summed E-state index contributed by atoms with van der Waals surface area (Å²) in [5.41, 5.74) is 13.1. The van der Waals surface area contributed by atoms with Crippen LogP contribution in [0.25, 0.3) is 0 Å². The van der Waals surface area contributed by atoms with Crippen LogP contribution in [0.2, 0.25) is 0 Å². The molecule has 0 aliphatic heterocycles. The number of rotatable bonds is 4. The van der Waals surface area contributed by atoms with Crippen LogP contribution in [0.4, 0.5) is 0 Å². The molecule has 0 fully saturated rings. The zero-order valence-corrected chi connectivity index (χ0v) is 10.1. The number of hydrogen-bond donors (Lipinski definition) is 3. The van der Waals surface area contributed by atoms with Crippen LogP contribution in [-0.4, -0.2) is 24.4 Å². The Morgan fingerprint density at radius 3 is 2.61 bits per heavy atom. The molecule has 96 valence electrons. The maximum absolute atomic E-state index is 8.73. The van der Waals surface area contributed by atoms with Gasteiger partial charge in [-0.15, -0.1) is 0 Å². The highest BCUT2D eigenvalue weighted by Gasteiger charge is 2.27. The minimum Gasteiger partial charge on any atom is -0.400 e. The largest absolute Gasteiger partial charge is 0.400 e. The van der Waals surface area contributed by atoms with E-state index in [0.29, 0.717) is 5.70 Å². The maximum atomic E-state index is 8.73. The highest BCUT2D eigenvalue weighted by molar-refractivity contribution is 5.40. The van der Waals surface area contributed by atoms with Gasteiger partial charge in [-0.25, -0.2) is 0 Å². The quantitative estimate of drug-likeness (QED) is 0.681. The highest BCUT2D eigenvalue weighted by Crippen LogP contribution is 2.27. The second kappa shape index (κ2) is 5.35. The van der Waals surface area contributed by atoms with E-state index in [4.69, 9.17) is 21.3 Å². The predicted molar refractivity (Wildman–Crippen MR) is 70.5 cm³/mol. The van der Waals surface area contributed by atoms with Crippen molar-refractivity contribution in [3.8, 4) is 0 Å². The Labute approximate surface area is 107 Å². The Balaban J connectivity index is 2.19. The van der Waals surface area contributed by atoms with Crippen molar-refractivity contribution in [1.82, 2.24) is 0 Å². The number of hydrogen-bond acceptors (Lipinski definition) is 4. The van der Waals surface area contributed by atoms with Gasteiger partial charge in [-0.3, -0.25) is 0 Å². The predicted octanol–water partition coefficient (Wildman–Crippen LogP) is 0.630. The number of nitrogens with two attached hydrogens (primary N) is 2. The van der Waals surface area contributed by atoms with Crippen LogP contribution < -0.4 is 11.5 Å². The van der Waals surface area contributed by atoms with Crippen LogP contribution in [0.1, 0.15) is 5.56 Å². The summed E-state index contributed by atoms with van der Waals surface area (Å²) in [6, 6.07) is 9.75. The third-order valence-corrected chi connectivity index (χ3v) is 2.94. The summed E-state index contributed by atoms with van der Waals surface area (Å²) in [6.45, 7) is 0.233. The van der Waals surface area contributed by atoms with Crippen LogP contribution in [0.3, 0.4) is 0 Å². The molecule has 0 amide bonds. The molecule has 0 spiro atoms. The van der Waals surface area contributed by atoms with Crippen molar-refractivity contribution in [3.63, 3.8) is 0 Å². The second-order valence-corrected chi connectivity index (χ2v) is 4.32. The van der Waals surface area contributed by atoms with E-state index in [-0.39, 0.29) is 19.3 Å². The SMILES string of the molecule is NC1=CC(N)(c2ccccc2)C=CC1OCCO. The van der Waals surface area contributed by atoms with E-state index in [1.165, 1.54) is 0 Å². The van der Waals surface area contributed by atoms with Crippen molar-refractivity contribution in [2.24, 2.45) is 11.5 Å². The number of aliphatic hydroxyl groups excluding tert-OH is 1. The van der Waals surface area contributed by atoms with Crippen molar-refractivity contribution in [1.29, 1.82) is 0 Å². The van der Waals surface area contributed by atoms with E-state index >= 15 is 0 Å². The summed E-state index contributed by atoms with van der Waals surface area (Å²) < 4.78 is 5.39. The summed E-state index contributed by atoms with van der Waals surface area (Å²) in [7, 11) is 0. The van der Waals surface area contributed by atoms with Gasteiger partial charge in [-0.2, -0.15) is 0 Å². The van der Waals surface area contributed by atoms with Gasteiger partial charge in [0.15, 0.2) is 0 Å². The van der Waals surface area contributed by atoms with Crippen molar-refractivity contribution in [2.75, 3.05) is 13.2 Å². The molecule has 18 heavy (non-hydrogen) atoms. The maximum Gasteiger partial charge on any atom is 0.115 e. The molecule has 1 aromatic rings. The summed E-state index contributed by atoms with van der Waals surface area (Å²) in [5, 5.41) is 8.73. The summed E-state index contributed by atoms with van der Waals surface area (Å²) in [4.78, 5) is 0. The smallest absolute Gasteiger partial charge is 0.115 e. The van der Waals surface area contributed by atoms with Crippen molar-refractivity contribution >= 4 is 0 Å². The lowest BCUT2D eigenvalue weighted by molar-refractivity contribution is 0.0698. The topological polar surface area (TPSA) is 81.5 Å². The van der Waals surface area contributed by atoms with Crippen LogP contribution in [0.15, 0.2) is 54.3 Å². The molecule has 4 heteroatoms. The van der Waals surface area contributed by atoms with Gasteiger partial charge in [0.2, 0.25) is 0 Å². The summed E-state index contributed by atoms with van der Waals surface area (Å²) in [6.07, 6.45) is 5.20. The Morgan fingerprint density at radius 1 is 1.28 bits per heavy atom. The molecular weight excluding hydrogens is 228 g/mol. The fraction of sp³-hybridized carbons (Fsp3) is 0.286. The van der Waals surface area contributed by atoms with Crippen molar-refractivity contribution < 1.29 is 9.84 Å². The molecule has 1 aliphatic rings. The van der Waals surface area contributed by atoms with E-state index in [9.17, 15) is 0 Å². The van der Waals surface area contributed by atoms with Crippen LogP contribution in [-0.2, 0) is 10.3 Å². The molecule has 0 aromatic heterocycles. The Kier molecular flexibility index (Phi) is 3.81. The fourth-order valence-electron chi connectivity index (χ4n) is 2.00. The third kappa shape index (κ3) is 2.61. The average molecular weight is 246 g/mol. The average Bonchev–Trinajstić information content (AvgIpc) is 2.39. The van der Waals surface area contributed by atoms with Gasteiger partial charge < -0.3 is 21.3 Å². The zero-order chi connectivity index (χ0) is 13.0. The Bertz CT molecular complexity index is 456. The number of ether oxygens (including phenoxy) is 1. The standard InChI is InChI=1S/C14H18N2O2/c15-12-10-14(16,11-4-2-1-3-5-11)7-6-13(12)18-9-8-17/h1-7,10,13,17H,8-9,15-16H2. The third-order valence-electron chi connectivity index (χ3n) is 2.94. The van der Waals surface area contributed by atoms with Gasteiger partial charge in [0.25, 0.3) is 0 Å². The van der Waals surface area contributed by atoms with Gasteiger partial charge in [-0.05, 0) is 11.6 Å². The molecule has 0 bridgehead atoms. The van der Waals surface area contributed by atoms with Crippen molar-refractivity contribution in [2.45, 2.75) is 11.6 Å². The first-order chi connectivity index (χ1) is 8.65. The number of aliphatic hydroxyl groups is 1. The molecule has 2 rings (SSSR count). The molecule has 4 nitrogen and oxygen atoms in total. The van der Waals surface area contributed by atoms with Crippen LogP contribution in [0.5, 0.6) is 0 Å². The fourth-order valence-corrected chi connectivity index (χ4v) is 2.00. The van der Waals surface area contributed by atoms with Crippen LogP contribution >= 0.6 is 0 Å². The summed E-state index contributed by atoms with van der Waals surface area (Å²) in [5.74, 6) is 0. The first-order valence-electron chi connectivity index (χ1n) is 5.90. The van der Waals surface area contributed by atoms with Gasteiger partial charge in [0.05, 0.1) is 18.8 Å². The monoisotopic (exact) mass is 246 g/mol. The molecule has 5 N–H and O–H groups in total. The summed E-state index contributed by atoms with van der Waals surface area (Å²) >= 11 is 0. The van der Waals surface area contributed by atoms with E-state index in [1.54, 1.807) is 6.08 Å². The van der Waals surface area contributed by atoms with Gasteiger partial charge in [0.1, 0.15) is 6.10 Å². The molecule has 0 radical (unpaired) electrons. The first-order valence-corrected chi connectivity index (χ1v) is 5.90. The lowest BCUT2D eigenvalue weighted by atomic mass is 9.85. The lowest BCUT2D eigenvalue weighted by Crippen LogP contribution is -2.38. The minimum atomic E-state index is -0.690. The molecule has 0 heterocycles.